The summed E-state index contributed by atoms with van der Waals surface area (Å²) in [7, 11) is -1.38. The van der Waals surface area contributed by atoms with E-state index >= 15 is 0 Å². The summed E-state index contributed by atoms with van der Waals surface area (Å²) in [5, 5.41) is 12.5. The second kappa shape index (κ2) is 9.05. The minimum Gasteiger partial charge on any atom is -0.497 e. The summed E-state index contributed by atoms with van der Waals surface area (Å²) in [5.41, 5.74) is 0. The molecule has 0 spiro atoms. The number of sulfone groups is 1. The fraction of sp³-hybridized carbons (Fsp3) is 0.474. The zero-order chi connectivity index (χ0) is 19.3. The molecule has 2 aromatic rings. The van der Waals surface area contributed by atoms with Crippen LogP contribution in [0.4, 0.5) is 0 Å². The first-order chi connectivity index (χ1) is 12.9. The highest BCUT2D eigenvalue weighted by Crippen LogP contribution is 2.22. The Labute approximate surface area is 164 Å². The van der Waals surface area contributed by atoms with Crippen molar-refractivity contribution in [2.45, 2.75) is 25.1 Å². The summed E-state index contributed by atoms with van der Waals surface area (Å²) >= 11 is 1.63. The largest absolute Gasteiger partial charge is 0.497 e. The quantitative estimate of drug-likeness (QED) is 0.682. The first-order valence-corrected chi connectivity index (χ1v) is 11.6. The summed E-state index contributed by atoms with van der Waals surface area (Å²) in [4.78, 5) is 3.22. The topological polar surface area (TPSA) is 76.1 Å². The molecule has 1 aromatic carbocycles. The molecule has 1 fully saturated rings. The molecule has 148 valence electrons. The van der Waals surface area contributed by atoms with Crippen molar-refractivity contribution in [3.63, 3.8) is 0 Å². The van der Waals surface area contributed by atoms with Crippen LogP contribution in [0.25, 0.3) is 0 Å². The van der Waals surface area contributed by atoms with Gasteiger partial charge in [0.1, 0.15) is 24.2 Å². The van der Waals surface area contributed by atoms with E-state index < -0.39 is 15.9 Å². The smallest absolute Gasteiger partial charge is 0.151 e. The Kier molecular flexibility index (Phi) is 6.75. The molecular formula is C19H25NO5S2. The molecular weight excluding hydrogens is 386 g/mol. The number of nitrogens with zero attached hydrogens (tertiary/aromatic N) is 1. The Morgan fingerprint density at radius 1 is 1.26 bits per heavy atom. The maximum Gasteiger partial charge on any atom is 0.151 e. The monoisotopic (exact) mass is 411 g/mol. The molecule has 0 unspecified atom stereocenters. The molecule has 1 saturated heterocycles. The lowest BCUT2D eigenvalue weighted by Crippen LogP contribution is -2.42. The van der Waals surface area contributed by atoms with Gasteiger partial charge in [0.15, 0.2) is 9.84 Å². The highest BCUT2D eigenvalue weighted by atomic mass is 32.2. The van der Waals surface area contributed by atoms with E-state index in [2.05, 4.69) is 4.90 Å². The van der Waals surface area contributed by atoms with E-state index in [-0.39, 0.29) is 24.2 Å². The third kappa shape index (κ3) is 5.93. The normalized spacial score (nSPS) is 19.9. The Bertz CT molecular complexity index is 805. The van der Waals surface area contributed by atoms with E-state index in [4.69, 9.17) is 9.47 Å². The summed E-state index contributed by atoms with van der Waals surface area (Å²) in [6.07, 6.45) is -0.102. The number of hydrogen-bond donors (Lipinski definition) is 1. The van der Waals surface area contributed by atoms with Gasteiger partial charge in [0, 0.05) is 24.0 Å². The average Bonchev–Trinajstić information content (AvgIpc) is 3.29. The molecule has 1 aromatic heterocycles. The zero-order valence-electron chi connectivity index (χ0n) is 15.3. The van der Waals surface area contributed by atoms with Gasteiger partial charge in [-0.1, -0.05) is 6.07 Å². The van der Waals surface area contributed by atoms with Crippen molar-refractivity contribution < 1.29 is 23.0 Å². The van der Waals surface area contributed by atoms with E-state index in [1.165, 1.54) is 0 Å². The SMILES string of the molecule is COc1ccc(OC[C@H](O)CN(Cc2cccs2)[C@@H]2CCS(=O)(=O)C2)cc1. The van der Waals surface area contributed by atoms with Crippen molar-refractivity contribution in [2.24, 2.45) is 0 Å². The van der Waals surface area contributed by atoms with Gasteiger partial charge in [0.05, 0.1) is 18.6 Å². The summed E-state index contributed by atoms with van der Waals surface area (Å²) in [5.74, 6) is 1.78. The molecule has 0 saturated carbocycles. The van der Waals surface area contributed by atoms with E-state index in [1.807, 2.05) is 17.5 Å². The summed E-state index contributed by atoms with van der Waals surface area (Å²) < 4.78 is 34.5. The molecule has 0 amide bonds. The van der Waals surface area contributed by atoms with Crippen LogP contribution < -0.4 is 9.47 Å². The van der Waals surface area contributed by atoms with Crippen molar-refractivity contribution in [1.29, 1.82) is 0 Å². The van der Waals surface area contributed by atoms with Gasteiger partial charge in [-0.15, -0.1) is 11.3 Å². The molecule has 2 atom stereocenters. The lowest BCUT2D eigenvalue weighted by Gasteiger charge is -2.29. The van der Waals surface area contributed by atoms with Gasteiger partial charge in [-0.3, -0.25) is 4.90 Å². The second-order valence-electron chi connectivity index (χ2n) is 6.71. The fourth-order valence-corrected chi connectivity index (χ4v) is 5.69. The molecule has 0 aliphatic carbocycles. The van der Waals surface area contributed by atoms with E-state index in [0.29, 0.717) is 25.3 Å². The highest BCUT2D eigenvalue weighted by molar-refractivity contribution is 7.91. The summed E-state index contributed by atoms with van der Waals surface area (Å²) in [6.45, 7) is 1.15. The number of methoxy groups -OCH3 is 1. The van der Waals surface area contributed by atoms with Crippen molar-refractivity contribution >= 4 is 21.2 Å². The molecule has 2 heterocycles. The summed E-state index contributed by atoms with van der Waals surface area (Å²) in [6, 6.07) is 11.1. The van der Waals surface area contributed by atoms with Crippen LogP contribution in [0.15, 0.2) is 41.8 Å². The van der Waals surface area contributed by atoms with Gasteiger partial charge >= 0.3 is 0 Å². The number of benzene rings is 1. The minimum atomic E-state index is -2.98. The number of ether oxygens (including phenoxy) is 2. The van der Waals surface area contributed by atoms with Crippen LogP contribution >= 0.6 is 11.3 Å². The van der Waals surface area contributed by atoms with E-state index in [9.17, 15) is 13.5 Å². The third-order valence-electron chi connectivity index (χ3n) is 4.61. The Morgan fingerprint density at radius 2 is 2.00 bits per heavy atom. The van der Waals surface area contributed by atoms with Crippen molar-refractivity contribution in [3.05, 3.63) is 46.7 Å². The Balaban J connectivity index is 1.58. The number of aliphatic hydroxyl groups is 1. The first kappa shape index (κ1) is 20.1. The second-order valence-corrected chi connectivity index (χ2v) is 9.97. The maximum absolute atomic E-state index is 11.9. The standard InChI is InChI=1S/C19H25NO5S2/c1-24-17-4-6-18(7-5-17)25-13-16(21)11-20(12-19-3-2-9-26-19)15-8-10-27(22,23)14-15/h2-7,9,15-16,21H,8,10-14H2,1H3/t15-,16-/m1/s1. The lowest BCUT2D eigenvalue weighted by molar-refractivity contribution is 0.0529. The number of hydrogen-bond acceptors (Lipinski definition) is 7. The molecule has 1 aliphatic heterocycles. The molecule has 27 heavy (non-hydrogen) atoms. The van der Waals surface area contributed by atoms with Crippen LogP contribution in [0.3, 0.4) is 0 Å². The van der Waals surface area contributed by atoms with Crippen LogP contribution in [-0.4, -0.2) is 62.3 Å². The van der Waals surface area contributed by atoms with Crippen molar-refractivity contribution in [1.82, 2.24) is 4.90 Å². The van der Waals surface area contributed by atoms with Gasteiger partial charge in [-0.05, 0) is 42.1 Å². The van der Waals surface area contributed by atoms with Gasteiger partial charge in [-0.25, -0.2) is 8.42 Å². The molecule has 3 rings (SSSR count). The van der Waals surface area contributed by atoms with Gasteiger partial charge < -0.3 is 14.6 Å². The predicted octanol–water partition coefficient (Wildman–Crippen LogP) is 2.19. The lowest BCUT2D eigenvalue weighted by atomic mass is 10.2. The first-order valence-electron chi connectivity index (χ1n) is 8.87. The molecule has 6 nitrogen and oxygen atoms in total. The Hall–Kier alpha value is -1.61. The van der Waals surface area contributed by atoms with Gasteiger partial charge in [0.25, 0.3) is 0 Å². The van der Waals surface area contributed by atoms with Gasteiger partial charge in [-0.2, -0.15) is 0 Å². The number of thiophene rings is 1. The molecule has 8 heteroatoms. The maximum atomic E-state index is 11.9. The number of rotatable bonds is 9. The van der Waals surface area contributed by atoms with Crippen LogP contribution in [0.2, 0.25) is 0 Å². The average molecular weight is 412 g/mol. The fourth-order valence-electron chi connectivity index (χ4n) is 3.20. The van der Waals surface area contributed by atoms with Gasteiger partial charge in [0.2, 0.25) is 0 Å². The van der Waals surface area contributed by atoms with Crippen LogP contribution in [0.5, 0.6) is 11.5 Å². The van der Waals surface area contributed by atoms with Crippen LogP contribution in [0, 0.1) is 0 Å². The molecule has 1 N–H and O–H groups in total. The van der Waals surface area contributed by atoms with Crippen LogP contribution in [-0.2, 0) is 16.4 Å². The van der Waals surface area contributed by atoms with E-state index in [0.717, 1.165) is 10.6 Å². The molecule has 0 radical (unpaired) electrons. The highest BCUT2D eigenvalue weighted by Gasteiger charge is 2.33. The van der Waals surface area contributed by atoms with Crippen molar-refractivity contribution in [3.8, 4) is 11.5 Å². The minimum absolute atomic E-state index is 0.0623. The Morgan fingerprint density at radius 3 is 2.59 bits per heavy atom. The number of aliphatic hydroxyl groups excluding tert-OH is 1. The van der Waals surface area contributed by atoms with E-state index in [1.54, 1.807) is 42.7 Å². The predicted molar refractivity (Wildman–Crippen MR) is 106 cm³/mol. The zero-order valence-corrected chi connectivity index (χ0v) is 16.9. The molecule has 1 aliphatic rings. The third-order valence-corrected chi connectivity index (χ3v) is 7.22. The molecule has 0 bridgehead atoms. The van der Waals surface area contributed by atoms with Crippen LogP contribution in [0.1, 0.15) is 11.3 Å². The van der Waals surface area contributed by atoms with Crippen molar-refractivity contribution in [2.75, 3.05) is 31.8 Å².